The Morgan fingerprint density at radius 1 is 1.32 bits per heavy atom. The molecular formula is C15H16ClN3O5S. The van der Waals surface area contributed by atoms with Crippen molar-refractivity contribution in [2.45, 2.75) is 6.54 Å². The Morgan fingerprint density at radius 3 is 2.64 bits per heavy atom. The molecule has 1 aliphatic rings. The van der Waals surface area contributed by atoms with E-state index in [1.807, 2.05) is 0 Å². The Labute approximate surface area is 151 Å². The summed E-state index contributed by atoms with van der Waals surface area (Å²) in [4.78, 5) is 36.6. The van der Waals surface area contributed by atoms with Crippen LogP contribution in [0, 0.1) is 5.21 Å². The lowest BCUT2D eigenvalue weighted by atomic mass is 10.3. The number of carboxylic acids is 1. The molecule has 10 heteroatoms. The van der Waals surface area contributed by atoms with Gasteiger partial charge in [-0.3, -0.25) is 14.2 Å². The number of fused-ring (bicyclic) bond motifs is 1. The third-order valence-corrected chi connectivity index (χ3v) is 5.45. The van der Waals surface area contributed by atoms with Gasteiger partial charge in [0, 0.05) is 5.02 Å². The molecule has 1 saturated heterocycles. The van der Waals surface area contributed by atoms with E-state index in [1.165, 1.54) is 9.47 Å². The lowest BCUT2D eigenvalue weighted by molar-refractivity contribution is -0.877. The monoisotopic (exact) mass is 385 g/mol. The van der Waals surface area contributed by atoms with Gasteiger partial charge in [-0.1, -0.05) is 22.9 Å². The summed E-state index contributed by atoms with van der Waals surface area (Å²) >= 11 is 7.01. The van der Waals surface area contributed by atoms with Gasteiger partial charge in [0.2, 0.25) is 5.91 Å². The molecule has 1 aliphatic heterocycles. The van der Waals surface area contributed by atoms with Crippen molar-refractivity contribution >= 4 is 45.0 Å². The van der Waals surface area contributed by atoms with E-state index in [2.05, 4.69) is 0 Å². The summed E-state index contributed by atoms with van der Waals surface area (Å²) in [5.41, 5.74) is 0.604. The summed E-state index contributed by atoms with van der Waals surface area (Å²) < 4.78 is 1.28. The van der Waals surface area contributed by atoms with Crippen LogP contribution in [0.5, 0.6) is 0 Å². The van der Waals surface area contributed by atoms with Crippen molar-refractivity contribution in [3.63, 3.8) is 0 Å². The second-order valence-corrected chi connectivity index (χ2v) is 7.43. The minimum atomic E-state index is -1.15. The van der Waals surface area contributed by atoms with Crippen molar-refractivity contribution in [1.82, 2.24) is 9.47 Å². The Balaban J connectivity index is 1.72. The number of aliphatic carboxylic acids is 1. The number of amides is 1. The molecule has 134 valence electrons. The van der Waals surface area contributed by atoms with Crippen LogP contribution in [0.15, 0.2) is 23.0 Å². The second-order valence-electron chi connectivity index (χ2n) is 6.00. The van der Waals surface area contributed by atoms with Crippen LogP contribution in [0.25, 0.3) is 10.2 Å². The highest BCUT2D eigenvalue weighted by Gasteiger charge is 2.30. The molecule has 1 N–H and O–H groups in total. The molecule has 1 aromatic carbocycles. The molecule has 0 bridgehead atoms. The first-order valence-electron chi connectivity index (χ1n) is 7.63. The van der Waals surface area contributed by atoms with Gasteiger partial charge in [-0.2, -0.15) is 0 Å². The standard InChI is InChI=1S/C15H16ClN3O5S/c16-10-1-2-12-11(7-10)18(15(23)25-12)8-13(20)17-3-5-19(24,6-4-17)9-14(21)22/h1-2,7H,3-6,8-9H2,(H,21,22). The van der Waals surface area contributed by atoms with Crippen molar-refractivity contribution in [2.24, 2.45) is 0 Å². The van der Waals surface area contributed by atoms with Gasteiger partial charge in [0.1, 0.15) is 6.54 Å². The van der Waals surface area contributed by atoms with Crippen LogP contribution in [-0.4, -0.2) is 63.8 Å². The maximum atomic E-state index is 12.5. The molecule has 0 radical (unpaired) electrons. The zero-order chi connectivity index (χ0) is 18.2. The lowest BCUT2D eigenvalue weighted by Crippen LogP contribution is -2.59. The van der Waals surface area contributed by atoms with Crippen LogP contribution in [0.3, 0.4) is 0 Å². The number of halogens is 1. The zero-order valence-electron chi connectivity index (χ0n) is 13.2. The maximum absolute atomic E-state index is 12.5. The predicted molar refractivity (Wildman–Crippen MR) is 93.5 cm³/mol. The van der Waals surface area contributed by atoms with E-state index >= 15 is 0 Å². The van der Waals surface area contributed by atoms with E-state index < -0.39 is 17.2 Å². The molecule has 8 nitrogen and oxygen atoms in total. The summed E-state index contributed by atoms with van der Waals surface area (Å²) in [7, 11) is 0. The molecule has 2 aromatic rings. The van der Waals surface area contributed by atoms with Gasteiger partial charge >= 0.3 is 10.8 Å². The number of piperazine rings is 1. The molecule has 3 rings (SSSR count). The van der Waals surface area contributed by atoms with Crippen molar-refractivity contribution in [3.8, 4) is 0 Å². The predicted octanol–water partition coefficient (Wildman–Crippen LogP) is 0.958. The molecule has 0 spiro atoms. The molecule has 0 unspecified atom stereocenters. The second kappa shape index (κ2) is 6.75. The molecule has 1 amide bonds. The Morgan fingerprint density at radius 2 is 2.00 bits per heavy atom. The molecule has 0 saturated carbocycles. The molecule has 0 atom stereocenters. The summed E-state index contributed by atoms with van der Waals surface area (Å²) in [6.07, 6.45) is 0. The number of rotatable bonds is 4. The van der Waals surface area contributed by atoms with Crippen molar-refractivity contribution < 1.29 is 19.3 Å². The van der Waals surface area contributed by atoms with Crippen molar-refractivity contribution in [3.05, 3.63) is 38.1 Å². The zero-order valence-corrected chi connectivity index (χ0v) is 14.8. The van der Waals surface area contributed by atoms with Gasteiger partial charge in [0.25, 0.3) is 0 Å². The highest BCUT2D eigenvalue weighted by molar-refractivity contribution is 7.16. The number of hydrogen-bond acceptors (Lipinski definition) is 5. The average molecular weight is 386 g/mol. The Kier molecular flexibility index (Phi) is 4.83. The number of carbonyl (C=O) groups is 2. The number of benzene rings is 1. The Bertz CT molecular complexity index is 885. The third-order valence-electron chi connectivity index (χ3n) is 4.25. The van der Waals surface area contributed by atoms with E-state index in [1.54, 1.807) is 18.2 Å². The minimum absolute atomic E-state index is 0.0309. The van der Waals surface area contributed by atoms with Gasteiger partial charge in [-0.25, -0.2) is 4.79 Å². The fourth-order valence-electron chi connectivity index (χ4n) is 2.90. The normalized spacial score (nSPS) is 17.0. The highest BCUT2D eigenvalue weighted by Crippen LogP contribution is 2.22. The number of thiazole rings is 1. The number of carboxylic acid groups (broad SMARTS) is 1. The third kappa shape index (κ3) is 3.84. The largest absolute Gasteiger partial charge is 0.632 e. The van der Waals surface area contributed by atoms with Gasteiger partial charge in [0.05, 0.1) is 36.4 Å². The van der Waals surface area contributed by atoms with Crippen LogP contribution < -0.4 is 4.87 Å². The number of hydroxylamine groups is 3. The van der Waals surface area contributed by atoms with Crippen LogP contribution in [0.2, 0.25) is 5.02 Å². The molecule has 0 aliphatic carbocycles. The molecule has 25 heavy (non-hydrogen) atoms. The SMILES string of the molecule is O=C(O)C[N+]1([O-])CCN(C(=O)Cn2c(=O)sc3ccc(Cl)cc32)CC1. The molecule has 1 aromatic heterocycles. The quantitative estimate of drug-likeness (QED) is 0.623. The topological polar surface area (TPSA) is 103 Å². The fourth-order valence-corrected chi connectivity index (χ4v) is 3.94. The highest BCUT2D eigenvalue weighted by atomic mass is 35.5. The van der Waals surface area contributed by atoms with E-state index in [-0.39, 0.29) is 43.5 Å². The summed E-state index contributed by atoms with van der Waals surface area (Å²) in [5, 5.41) is 21.5. The van der Waals surface area contributed by atoms with Gasteiger partial charge in [-0.15, -0.1) is 0 Å². The first-order valence-corrected chi connectivity index (χ1v) is 8.82. The minimum Gasteiger partial charge on any atom is -0.632 e. The fraction of sp³-hybridized carbons (Fsp3) is 0.400. The van der Waals surface area contributed by atoms with Gasteiger partial charge < -0.3 is 19.9 Å². The van der Waals surface area contributed by atoms with E-state index in [9.17, 15) is 19.6 Å². The smallest absolute Gasteiger partial charge is 0.359 e. The first-order chi connectivity index (χ1) is 11.8. The molecule has 2 heterocycles. The number of nitrogens with zero attached hydrogens (tertiary/aromatic N) is 3. The van der Waals surface area contributed by atoms with Crippen LogP contribution in [0.1, 0.15) is 0 Å². The van der Waals surface area contributed by atoms with Crippen LogP contribution in [0.4, 0.5) is 0 Å². The first kappa shape index (κ1) is 17.9. The van der Waals surface area contributed by atoms with Gasteiger partial charge in [-0.05, 0) is 18.2 Å². The van der Waals surface area contributed by atoms with Gasteiger partial charge in [0.15, 0.2) is 6.54 Å². The average Bonchev–Trinajstić information content (AvgIpc) is 2.82. The van der Waals surface area contributed by atoms with E-state index in [4.69, 9.17) is 16.7 Å². The number of aromatic nitrogens is 1. The van der Waals surface area contributed by atoms with Crippen molar-refractivity contribution in [1.29, 1.82) is 0 Å². The maximum Gasteiger partial charge on any atom is 0.359 e. The molecule has 1 fully saturated rings. The summed E-state index contributed by atoms with van der Waals surface area (Å²) in [5.74, 6) is -1.42. The summed E-state index contributed by atoms with van der Waals surface area (Å²) in [6, 6.07) is 5.07. The van der Waals surface area contributed by atoms with Crippen LogP contribution in [-0.2, 0) is 16.1 Å². The Hall–Kier alpha value is -1.94. The number of quaternary nitrogens is 1. The van der Waals surface area contributed by atoms with E-state index in [0.29, 0.717) is 10.5 Å². The van der Waals surface area contributed by atoms with E-state index in [0.717, 1.165) is 16.0 Å². The lowest BCUT2D eigenvalue weighted by Gasteiger charge is -2.47. The van der Waals surface area contributed by atoms with Crippen LogP contribution >= 0.6 is 22.9 Å². The number of carbonyl (C=O) groups excluding carboxylic acids is 1. The number of hydrogen-bond donors (Lipinski definition) is 1. The molecular weight excluding hydrogens is 370 g/mol. The van der Waals surface area contributed by atoms with Crippen molar-refractivity contribution in [2.75, 3.05) is 32.7 Å². The summed E-state index contributed by atoms with van der Waals surface area (Å²) in [6.45, 7) is -0.223.